The molecule has 0 spiro atoms. The van der Waals surface area contributed by atoms with Crippen LogP contribution in [0.2, 0.25) is 0 Å². The maximum absolute atomic E-state index is 13.0. The van der Waals surface area contributed by atoms with Crippen LogP contribution in [0.4, 0.5) is 4.39 Å². The second-order valence-electron chi connectivity index (χ2n) is 2.24. The van der Waals surface area contributed by atoms with Crippen molar-refractivity contribution >= 4 is 22.6 Å². The Balaban J connectivity index is 3.21. The second kappa shape index (κ2) is 3.38. The monoisotopic (exact) mass is 266 g/mol. The Hall–Kier alpha value is -0.320. The number of aryl methyl sites for hydroxylation is 1. The van der Waals surface area contributed by atoms with E-state index in [-0.39, 0.29) is 5.82 Å². The number of rotatable bonds is 1. The van der Waals surface area contributed by atoms with Crippen LogP contribution in [0.15, 0.2) is 12.1 Å². The van der Waals surface area contributed by atoms with Crippen LogP contribution < -0.4 is 4.74 Å². The molecule has 0 unspecified atom stereocenters. The number of hydrogen-bond acceptors (Lipinski definition) is 1. The largest absolute Gasteiger partial charge is 0.497 e. The Labute approximate surface area is 78.7 Å². The van der Waals surface area contributed by atoms with Gasteiger partial charge < -0.3 is 4.74 Å². The van der Waals surface area contributed by atoms with Gasteiger partial charge in [-0.1, -0.05) is 0 Å². The van der Waals surface area contributed by atoms with Gasteiger partial charge >= 0.3 is 0 Å². The first-order valence-corrected chi connectivity index (χ1v) is 4.22. The number of benzene rings is 1. The van der Waals surface area contributed by atoms with Crippen LogP contribution in [-0.4, -0.2) is 7.11 Å². The fourth-order valence-electron chi connectivity index (χ4n) is 0.813. The van der Waals surface area contributed by atoms with Gasteiger partial charge in [-0.05, 0) is 47.2 Å². The number of hydrogen-bond donors (Lipinski definition) is 0. The van der Waals surface area contributed by atoms with Crippen LogP contribution in [0.5, 0.6) is 5.75 Å². The fraction of sp³-hybridized carbons (Fsp3) is 0.250. The molecule has 1 nitrogen and oxygen atoms in total. The summed E-state index contributed by atoms with van der Waals surface area (Å²) < 4.78 is 18.5. The van der Waals surface area contributed by atoms with Crippen LogP contribution in [0.3, 0.4) is 0 Å². The molecule has 60 valence electrons. The summed E-state index contributed by atoms with van der Waals surface area (Å²) in [5.41, 5.74) is 0.619. The van der Waals surface area contributed by atoms with E-state index in [0.717, 1.165) is 0 Å². The van der Waals surface area contributed by atoms with Gasteiger partial charge in [0.05, 0.1) is 10.7 Å². The van der Waals surface area contributed by atoms with Gasteiger partial charge in [0.1, 0.15) is 11.6 Å². The van der Waals surface area contributed by atoms with Crippen molar-refractivity contribution in [3.8, 4) is 5.75 Å². The van der Waals surface area contributed by atoms with E-state index in [4.69, 9.17) is 4.74 Å². The molecule has 0 amide bonds. The lowest BCUT2D eigenvalue weighted by Gasteiger charge is -2.03. The highest BCUT2D eigenvalue weighted by molar-refractivity contribution is 14.1. The summed E-state index contributed by atoms with van der Waals surface area (Å²) in [5, 5.41) is 0. The standard InChI is InChI=1S/C8H8FIO/c1-5-3-6(11-2)4-7(10)8(5)9/h3-4H,1-2H3. The molecule has 0 saturated carbocycles. The third-order valence-electron chi connectivity index (χ3n) is 1.42. The van der Waals surface area contributed by atoms with E-state index in [2.05, 4.69) is 0 Å². The Bertz CT molecular complexity index is 250. The van der Waals surface area contributed by atoms with Crippen molar-refractivity contribution in [2.75, 3.05) is 7.11 Å². The van der Waals surface area contributed by atoms with Crippen LogP contribution in [0.25, 0.3) is 0 Å². The number of ether oxygens (including phenoxy) is 1. The Morgan fingerprint density at radius 2 is 2.09 bits per heavy atom. The second-order valence-corrected chi connectivity index (χ2v) is 3.40. The van der Waals surface area contributed by atoms with Crippen LogP contribution in [0, 0.1) is 16.3 Å². The molecular formula is C8H8FIO. The van der Waals surface area contributed by atoms with Gasteiger partial charge in [0.2, 0.25) is 0 Å². The van der Waals surface area contributed by atoms with Crippen LogP contribution >= 0.6 is 22.6 Å². The molecule has 0 bridgehead atoms. The zero-order valence-corrected chi connectivity index (χ0v) is 8.48. The van der Waals surface area contributed by atoms with Gasteiger partial charge in [-0.2, -0.15) is 0 Å². The molecule has 0 aliphatic carbocycles. The molecule has 1 aromatic carbocycles. The molecule has 0 saturated heterocycles. The Morgan fingerprint density at radius 1 is 1.45 bits per heavy atom. The minimum atomic E-state index is -0.161. The minimum absolute atomic E-state index is 0.161. The topological polar surface area (TPSA) is 9.23 Å². The van der Waals surface area contributed by atoms with Crippen LogP contribution in [-0.2, 0) is 0 Å². The summed E-state index contributed by atoms with van der Waals surface area (Å²) in [7, 11) is 1.57. The predicted molar refractivity (Wildman–Crippen MR) is 50.4 cm³/mol. The third kappa shape index (κ3) is 1.83. The molecular weight excluding hydrogens is 258 g/mol. The minimum Gasteiger partial charge on any atom is -0.497 e. The normalized spacial score (nSPS) is 9.82. The summed E-state index contributed by atoms with van der Waals surface area (Å²) in [6, 6.07) is 3.35. The summed E-state index contributed by atoms with van der Waals surface area (Å²) in [6.45, 7) is 1.72. The molecule has 0 aliphatic rings. The molecule has 3 heteroatoms. The highest BCUT2D eigenvalue weighted by Gasteiger charge is 2.04. The Morgan fingerprint density at radius 3 is 2.55 bits per heavy atom. The number of methoxy groups -OCH3 is 1. The maximum atomic E-state index is 13.0. The van der Waals surface area contributed by atoms with Crippen molar-refractivity contribution in [2.45, 2.75) is 6.92 Å². The lowest BCUT2D eigenvalue weighted by atomic mass is 10.2. The van der Waals surface area contributed by atoms with Crippen molar-refractivity contribution in [1.29, 1.82) is 0 Å². The predicted octanol–water partition coefficient (Wildman–Crippen LogP) is 2.75. The van der Waals surface area contributed by atoms with Gasteiger partial charge in [0.25, 0.3) is 0 Å². The molecule has 0 N–H and O–H groups in total. The fourth-order valence-corrected chi connectivity index (χ4v) is 1.55. The highest BCUT2D eigenvalue weighted by atomic mass is 127. The molecule has 0 atom stereocenters. The van der Waals surface area contributed by atoms with E-state index in [1.165, 1.54) is 0 Å². The molecule has 1 rings (SSSR count). The first kappa shape index (κ1) is 8.77. The van der Waals surface area contributed by atoms with E-state index in [1.807, 2.05) is 22.6 Å². The van der Waals surface area contributed by atoms with Crippen molar-refractivity contribution in [2.24, 2.45) is 0 Å². The van der Waals surface area contributed by atoms with Gasteiger partial charge in [-0.15, -0.1) is 0 Å². The Kier molecular flexibility index (Phi) is 2.70. The average Bonchev–Trinajstić information content (AvgIpc) is 1.99. The smallest absolute Gasteiger partial charge is 0.139 e. The van der Waals surface area contributed by atoms with E-state index in [1.54, 1.807) is 26.2 Å². The molecule has 0 radical (unpaired) electrons. The lowest BCUT2D eigenvalue weighted by molar-refractivity contribution is 0.412. The average molecular weight is 266 g/mol. The molecule has 11 heavy (non-hydrogen) atoms. The number of halogens is 2. The van der Waals surface area contributed by atoms with Gasteiger partial charge in [0.15, 0.2) is 0 Å². The SMILES string of the molecule is COc1cc(C)c(F)c(I)c1. The first-order valence-electron chi connectivity index (χ1n) is 3.15. The summed E-state index contributed by atoms with van der Waals surface area (Å²) in [4.78, 5) is 0. The zero-order valence-electron chi connectivity index (χ0n) is 6.32. The van der Waals surface area contributed by atoms with E-state index < -0.39 is 0 Å². The van der Waals surface area contributed by atoms with Gasteiger partial charge in [-0.3, -0.25) is 0 Å². The summed E-state index contributed by atoms with van der Waals surface area (Å²) >= 11 is 1.94. The molecule has 0 aliphatic heterocycles. The van der Waals surface area contributed by atoms with Crippen molar-refractivity contribution in [1.82, 2.24) is 0 Å². The third-order valence-corrected chi connectivity index (χ3v) is 2.20. The first-order chi connectivity index (χ1) is 5.15. The molecule has 0 aromatic heterocycles. The summed E-state index contributed by atoms with van der Waals surface area (Å²) in [5.74, 6) is 0.541. The molecule has 0 heterocycles. The summed E-state index contributed by atoms with van der Waals surface area (Å²) in [6.07, 6.45) is 0. The molecule has 0 fully saturated rings. The van der Waals surface area contributed by atoms with Gasteiger partial charge in [0, 0.05) is 0 Å². The quantitative estimate of drug-likeness (QED) is 0.710. The van der Waals surface area contributed by atoms with Crippen molar-refractivity contribution in [3.63, 3.8) is 0 Å². The zero-order chi connectivity index (χ0) is 8.43. The lowest BCUT2D eigenvalue weighted by Crippen LogP contribution is -1.90. The highest BCUT2D eigenvalue weighted by Crippen LogP contribution is 2.21. The van der Waals surface area contributed by atoms with Gasteiger partial charge in [-0.25, -0.2) is 4.39 Å². The van der Waals surface area contributed by atoms with Crippen molar-refractivity contribution in [3.05, 3.63) is 27.1 Å². The maximum Gasteiger partial charge on any atom is 0.139 e. The van der Waals surface area contributed by atoms with Crippen LogP contribution in [0.1, 0.15) is 5.56 Å². The van der Waals surface area contributed by atoms with Crippen molar-refractivity contribution < 1.29 is 9.13 Å². The van der Waals surface area contributed by atoms with E-state index >= 15 is 0 Å². The van der Waals surface area contributed by atoms with E-state index in [0.29, 0.717) is 14.9 Å². The van der Waals surface area contributed by atoms with E-state index in [9.17, 15) is 4.39 Å². The molecule has 1 aromatic rings.